The molecule has 19 heavy (non-hydrogen) atoms. The highest BCUT2D eigenvalue weighted by Crippen LogP contribution is 2.22. The van der Waals surface area contributed by atoms with Crippen LogP contribution in [-0.4, -0.2) is 26.3 Å². The van der Waals surface area contributed by atoms with Crippen LogP contribution in [0.4, 0.5) is 10.1 Å². The van der Waals surface area contributed by atoms with Crippen LogP contribution in [0.2, 0.25) is 5.02 Å². The maximum atomic E-state index is 13.0. The normalized spacial score (nSPS) is 17.2. The van der Waals surface area contributed by atoms with Gasteiger partial charge in [0, 0.05) is 12.6 Å². The summed E-state index contributed by atoms with van der Waals surface area (Å²) in [6, 6.07) is 4.20. The van der Waals surface area contributed by atoms with E-state index in [0.717, 1.165) is 18.9 Å². The van der Waals surface area contributed by atoms with E-state index in [-0.39, 0.29) is 10.7 Å². The first-order valence-corrected chi connectivity index (χ1v) is 8.01. The maximum absolute atomic E-state index is 13.0. The van der Waals surface area contributed by atoms with Crippen LogP contribution in [0.1, 0.15) is 19.8 Å². The summed E-state index contributed by atoms with van der Waals surface area (Å²) in [5.41, 5.74) is 0.268. The summed E-state index contributed by atoms with van der Waals surface area (Å²) in [6.45, 7) is 2.03. The number of nitrogens with one attached hydrogen (secondary N) is 2. The summed E-state index contributed by atoms with van der Waals surface area (Å²) in [6.07, 6.45) is 2.21. The third-order valence-electron chi connectivity index (χ3n) is 2.98. The molecule has 0 aromatic heterocycles. The lowest BCUT2D eigenvalue weighted by Gasteiger charge is -2.15. The summed E-state index contributed by atoms with van der Waals surface area (Å²) < 4.78 is 39.5. The van der Waals surface area contributed by atoms with Gasteiger partial charge in [0.05, 0.1) is 16.0 Å². The predicted molar refractivity (Wildman–Crippen MR) is 74.4 cm³/mol. The third-order valence-corrected chi connectivity index (χ3v) is 5.02. The van der Waals surface area contributed by atoms with Crippen LogP contribution in [0.5, 0.6) is 0 Å². The largest absolute Gasteiger partial charge is 0.313 e. The molecule has 2 rings (SSSR count). The van der Waals surface area contributed by atoms with Crippen LogP contribution in [0.25, 0.3) is 0 Å². The second-order valence-electron chi connectivity index (χ2n) is 4.77. The van der Waals surface area contributed by atoms with Gasteiger partial charge in [-0.3, -0.25) is 4.72 Å². The quantitative estimate of drug-likeness (QED) is 0.848. The second kappa shape index (κ2) is 5.64. The van der Waals surface area contributed by atoms with Crippen LogP contribution in [0, 0.1) is 5.82 Å². The molecule has 1 aliphatic carbocycles. The Labute approximate surface area is 117 Å². The lowest BCUT2D eigenvalue weighted by molar-refractivity contribution is 0.576. The SMILES string of the molecule is CC(CNC1CC1)S(=O)(=O)Nc1ccc(F)c(Cl)c1. The first kappa shape index (κ1) is 14.6. The van der Waals surface area contributed by atoms with Gasteiger partial charge in [-0.2, -0.15) is 0 Å². The van der Waals surface area contributed by atoms with Gasteiger partial charge in [0.1, 0.15) is 5.82 Å². The summed E-state index contributed by atoms with van der Waals surface area (Å²) in [5, 5.41) is 2.48. The number of hydrogen-bond acceptors (Lipinski definition) is 3. The molecule has 106 valence electrons. The molecule has 1 aromatic rings. The van der Waals surface area contributed by atoms with Crippen molar-refractivity contribution in [3.8, 4) is 0 Å². The lowest BCUT2D eigenvalue weighted by Crippen LogP contribution is -2.35. The standard InChI is InChI=1S/C12H16ClFN2O2S/c1-8(7-15-9-2-3-9)19(17,18)16-10-4-5-12(14)11(13)6-10/h4-6,8-9,15-16H,2-3,7H2,1H3. The zero-order valence-electron chi connectivity index (χ0n) is 10.5. The highest BCUT2D eigenvalue weighted by atomic mass is 35.5. The Balaban J connectivity index is 2.00. The van der Waals surface area contributed by atoms with Gasteiger partial charge in [-0.05, 0) is 38.0 Å². The van der Waals surface area contributed by atoms with Crippen LogP contribution >= 0.6 is 11.6 Å². The van der Waals surface area contributed by atoms with Gasteiger partial charge >= 0.3 is 0 Å². The van der Waals surface area contributed by atoms with Crippen molar-refractivity contribution >= 4 is 27.3 Å². The van der Waals surface area contributed by atoms with E-state index in [1.807, 2.05) is 0 Å². The summed E-state index contributed by atoms with van der Waals surface area (Å²) in [7, 11) is -3.50. The molecular formula is C12H16ClFN2O2S. The Morgan fingerprint density at radius 1 is 1.47 bits per heavy atom. The lowest BCUT2D eigenvalue weighted by atomic mass is 10.3. The Morgan fingerprint density at radius 3 is 2.74 bits per heavy atom. The molecule has 1 atom stereocenters. The monoisotopic (exact) mass is 306 g/mol. The molecule has 0 spiro atoms. The molecular weight excluding hydrogens is 291 g/mol. The van der Waals surface area contributed by atoms with Crippen molar-refractivity contribution in [2.75, 3.05) is 11.3 Å². The third kappa shape index (κ3) is 4.06. The molecule has 0 amide bonds. The minimum Gasteiger partial charge on any atom is -0.313 e. The zero-order chi connectivity index (χ0) is 14.0. The van der Waals surface area contributed by atoms with Gasteiger partial charge in [0.25, 0.3) is 0 Å². The Hall–Kier alpha value is -0.850. The fraction of sp³-hybridized carbons (Fsp3) is 0.500. The topological polar surface area (TPSA) is 58.2 Å². The number of sulfonamides is 1. The van der Waals surface area contributed by atoms with Crippen molar-refractivity contribution in [1.82, 2.24) is 5.32 Å². The number of benzene rings is 1. The molecule has 7 heteroatoms. The molecule has 1 aliphatic rings. The fourth-order valence-corrected chi connectivity index (χ4v) is 2.71. The van der Waals surface area contributed by atoms with E-state index in [9.17, 15) is 12.8 Å². The Morgan fingerprint density at radius 2 is 2.16 bits per heavy atom. The molecule has 0 bridgehead atoms. The molecule has 1 saturated carbocycles. The van der Waals surface area contributed by atoms with Crippen LogP contribution < -0.4 is 10.0 Å². The fourth-order valence-electron chi connectivity index (χ4n) is 1.55. The molecule has 0 radical (unpaired) electrons. The van der Waals surface area contributed by atoms with E-state index in [2.05, 4.69) is 10.0 Å². The van der Waals surface area contributed by atoms with Crippen LogP contribution in [0.3, 0.4) is 0 Å². The number of anilines is 1. The van der Waals surface area contributed by atoms with E-state index in [1.165, 1.54) is 12.1 Å². The van der Waals surface area contributed by atoms with Crippen LogP contribution in [0.15, 0.2) is 18.2 Å². The van der Waals surface area contributed by atoms with Crippen LogP contribution in [-0.2, 0) is 10.0 Å². The van der Waals surface area contributed by atoms with Gasteiger partial charge < -0.3 is 5.32 Å². The molecule has 1 fully saturated rings. The van der Waals surface area contributed by atoms with Gasteiger partial charge in [0.2, 0.25) is 10.0 Å². The highest BCUT2D eigenvalue weighted by Gasteiger charge is 2.25. The van der Waals surface area contributed by atoms with Crippen molar-refractivity contribution in [3.63, 3.8) is 0 Å². The molecule has 2 N–H and O–H groups in total. The van der Waals surface area contributed by atoms with Crippen molar-refractivity contribution in [3.05, 3.63) is 29.0 Å². The van der Waals surface area contributed by atoms with Crippen molar-refractivity contribution in [1.29, 1.82) is 0 Å². The van der Waals surface area contributed by atoms with Crippen molar-refractivity contribution < 1.29 is 12.8 Å². The average Bonchev–Trinajstić information content (AvgIpc) is 3.14. The van der Waals surface area contributed by atoms with E-state index in [0.29, 0.717) is 12.6 Å². The molecule has 0 heterocycles. The highest BCUT2D eigenvalue weighted by molar-refractivity contribution is 7.93. The smallest absolute Gasteiger partial charge is 0.236 e. The zero-order valence-corrected chi connectivity index (χ0v) is 12.1. The van der Waals surface area contributed by atoms with Gasteiger partial charge in [0.15, 0.2) is 0 Å². The first-order chi connectivity index (χ1) is 8.88. The number of rotatable bonds is 6. The van der Waals surface area contributed by atoms with E-state index in [1.54, 1.807) is 6.92 Å². The molecule has 4 nitrogen and oxygen atoms in total. The molecule has 0 saturated heterocycles. The minimum absolute atomic E-state index is 0.107. The van der Waals surface area contributed by atoms with E-state index >= 15 is 0 Å². The molecule has 0 aliphatic heterocycles. The van der Waals surface area contributed by atoms with E-state index < -0.39 is 21.1 Å². The molecule has 1 unspecified atom stereocenters. The summed E-state index contributed by atoms with van der Waals surface area (Å²) in [4.78, 5) is 0. The van der Waals surface area contributed by atoms with Crippen molar-refractivity contribution in [2.45, 2.75) is 31.1 Å². The average molecular weight is 307 g/mol. The molecule has 1 aromatic carbocycles. The Kier molecular flexibility index (Phi) is 4.32. The summed E-state index contributed by atoms with van der Waals surface area (Å²) in [5.74, 6) is -0.576. The predicted octanol–water partition coefficient (Wildman–Crippen LogP) is 2.36. The number of hydrogen-bond donors (Lipinski definition) is 2. The van der Waals surface area contributed by atoms with Gasteiger partial charge in [-0.15, -0.1) is 0 Å². The first-order valence-electron chi connectivity index (χ1n) is 6.08. The van der Waals surface area contributed by atoms with Gasteiger partial charge in [-0.1, -0.05) is 11.6 Å². The minimum atomic E-state index is -3.50. The van der Waals surface area contributed by atoms with Crippen molar-refractivity contribution in [2.24, 2.45) is 0 Å². The summed E-state index contributed by atoms with van der Waals surface area (Å²) >= 11 is 5.61. The Bertz CT molecular complexity index is 561. The maximum Gasteiger partial charge on any atom is 0.236 e. The van der Waals surface area contributed by atoms with Gasteiger partial charge in [-0.25, -0.2) is 12.8 Å². The second-order valence-corrected chi connectivity index (χ2v) is 7.28. The number of halogens is 2. The van der Waals surface area contributed by atoms with E-state index in [4.69, 9.17) is 11.6 Å².